The minimum atomic E-state index is -1.87. The van der Waals surface area contributed by atoms with Crippen LogP contribution in [-0.2, 0) is 19.2 Å². The van der Waals surface area contributed by atoms with E-state index >= 15 is 0 Å². The van der Waals surface area contributed by atoms with E-state index in [1.54, 1.807) is 32.1 Å². The Morgan fingerprint density at radius 3 is 2.21 bits per heavy atom. The lowest BCUT2D eigenvalue weighted by Crippen LogP contribution is -2.60. The fraction of sp³-hybridized carbons (Fsp3) is 0.478. The van der Waals surface area contributed by atoms with Crippen LogP contribution in [0.2, 0.25) is 0 Å². The van der Waals surface area contributed by atoms with Gasteiger partial charge in [0.25, 0.3) is 23.6 Å². The molecule has 5 rings (SSSR count). The molecule has 2 N–H and O–H groups in total. The van der Waals surface area contributed by atoms with Gasteiger partial charge in [-0.25, -0.2) is 0 Å². The van der Waals surface area contributed by atoms with E-state index in [1.165, 1.54) is 7.05 Å². The van der Waals surface area contributed by atoms with E-state index in [2.05, 4.69) is 0 Å². The second-order valence-corrected chi connectivity index (χ2v) is 10.7. The van der Waals surface area contributed by atoms with Crippen LogP contribution in [0.25, 0.3) is 0 Å². The normalized spacial score (nSPS) is 37.8. The van der Waals surface area contributed by atoms with Crippen LogP contribution in [0.3, 0.4) is 0 Å². The first-order valence-corrected chi connectivity index (χ1v) is 11.4. The highest BCUT2D eigenvalue weighted by atomic mass is 35.5. The Kier molecular flexibility index (Phi) is 4.62. The smallest absolute Gasteiger partial charge is 0.257 e. The monoisotopic (exact) mass is 492 g/mol. The van der Waals surface area contributed by atoms with Crippen LogP contribution in [0, 0.1) is 31.6 Å². The molecule has 1 aromatic carbocycles. The molecule has 2 aliphatic carbocycles. The van der Waals surface area contributed by atoms with Gasteiger partial charge in [0.2, 0.25) is 0 Å². The second kappa shape index (κ2) is 6.81. The average Bonchev–Trinajstić information content (AvgIpc) is 3.06. The number of carbonyl (C=O) groups is 4. The predicted octanol–water partition coefficient (Wildman–Crippen LogP) is 2.39. The third kappa shape index (κ3) is 2.52. The Morgan fingerprint density at radius 2 is 1.61 bits per heavy atom. The zero-order valence-electron chi connectivity index (χ0n) is 18.1. The predicted molar refractivity (Wildman–Crippen MR) is 117 cm³/mol. The van der Waals surface area contributed by atoms with E-state index in [0.29, 0.717) is 22.3 Å². The van der Waals surface area contributed by atoms with Crippen molar-refractivity contribution in [2.24, 2.45) is 17.8 Å². The summed E-state index contributed by atoms with van der Waals surface area (Å²) in [6, 6.07) is 3.39. The van der Waals surface area contributed by atoms with Crippen LogP contribution in [0.1, 0.15) is 35.4 Å². The summed E-state index contributed by atoms with van der Waals surface area (Å²) >= 11 is 14.0. The first kappa shape index (κ1) is 22.4. The lowest BCUT2D eigenvalue weighted by molar-refractivity contribution is -0.173. The number of fused-ring (bicyclic) bond motifs is 4. The first-order valence-electron chi connectivity index (χ1n) is 10.6. The van der Waals surface area contributed by atoms with Gasteiger partial charge in [0.15, 0.2) is 9.75 Å². The van der Waals surface area contributed by atoms with Gasteiger partial charge in [-0.05, 0) is 49.3 Å². The molecule has 0 radical (unpaired) electrons. The number of likely N-dealkylation sites (tertiary alicyclic amines) is 1. The number of aromatic hydroxyl groups is 1. The van der Waals surface area contributed by atoms with E-state index < -0.39 is 57.0 Å². The first-order chi connectivity index (χ1) is 15.4. The molecule has 1 saturated carbocycles. The van der Waals surface area contributed by atoms with E-state index in [0.717, 1.165) is 4.90 Å². The Morgan fingerprint density at radius 1 is 1.00 bits per heavy atom. The number of phenols is 1. The molecule has 8 nitrogen and oxygen atoms in total. The van der Waals surface area contributed by atoms with Crippen molar-refractivity contribution in [2.75, 3.05) is 7.05 Å². The zero-order chi connectivity index (χ0) is 24.2. The van der Waals surface area contributed by atoms with E-state index in [4.69, 9.17) is 23.2 Å². The maximum Gasteiger partial charge on any atom is 0.257 e. The zero-order valence-corrected chi connectivity index (χ0v) is 19.6. The number of halogens is 2. The summed E-state index contributed by atoms with van der Waals surface area (Å²) in [4.78, 5) is 49.1. The molecule has 0 spiro atoms. The Hall–Kier alpha value is -2.42. The number of amides is 4. The standard InChI is InChI=1S/C23H22Cl2N2O6/c1-9-6-11(7-10(2)17(9)28)16-12-4-5-13-15(19(30)27(33)18(13)29)14(12)8-22(24)20(31)26(3)21(32)23(16,22)25/h4,6-7,13-16,28,33H,5,8H2,1-3H3/t13-,14+,15-,16-,22+,23-/m0/s1. The second-order valence-electron chi connectivity index (χ2n) is 9.49. The van der Waals surface area contributed by atoms with Crippen molar-refractivity contribution in [2.45, 2.75) is 42.4 Å². The van der Waals surface area contributed by atoms with Gasteiger partial charge in [-0.15, -0.1) is 23.2 Å². The summed E-state index contributed by atoms with van der Waals surface area (Å²) in [7, 11) is 1.32. The molecule has 0 unspecified atom stereocenters. The maximum atomic E-state index is 13.4. The van der Waals surface area contributed by atoms with Gasteiger partial charge in [-0.3, -0.25) is 29.3 Å². The number of phenolic OH excluding ortho intramolecular Hbond substituents is 1. The molecule has 2 heterocycles. The number of carbonyl (C=O) groups excluding carboxylic acids is 4. The largest absolute Gasteiger partial charge is 0.507 e. The van der Waals surface area contributed by atoms with Gasteiger partial charge < -0.3 is 5.11 Å². The molecule has 10 heteroatoms. The summed E-state index contributed by atoms with van der Waals surface area (Å²) in [5.74, 6) is -5.88. The molecule has 174 valence electrons. The molecule has 2 saturated heterocycles. The van der Waals surface area contributed by atoms with Gasteiger partial charge in [0.05, 0.1) is 11.8 Å². The van der Waals surface area contributed by atoms with Crippen LogP contribution in [-0.4, -0.2) is 60.7 Å². The number of alkyl halides is 2. The minimum absolute atomic E-state index is 0.1000. The SMILES string of the molecule is Cc1cc([C@H]2C3=CC[C@@H]4C(=O)N(O)C(=O)[C@@H]4[C@@H]3C[C@@]3(Cl)C(=O)N(C)C(=O)[C@@]23Cl)cc(C)c1O. The molecule has 2 aliphatic heterocycles. The summed E-state index contributed by atoms with van der Waals surface area (Å²) in [6.07, 6.45) is 1.85. The lowest BCUT2D eigenvalue weighted by Gasteiger charge is -2.50. The van der Waals surface area contributed by atoms with Crippen LogP contribution in [0.4, 0.5) is 0 Å². The summed E-state index contributed by atoms with van der Waals surface area (Å²) < 4.78 is 0. The van der Waals surface area contributed by atoms with Crippen molar-refractivity contribution >= 4 is 46.8 Å². The van der Waals surface area contributed by atoms with Gasteiger partial charge in [0, 0.05) is 13.0 Å². The quantitative estimate of drug-likeness (QED) is 0.269. The number of hydroxylamine groups is 2. The number of hydrogen-bond acceptors (Lipinski definition) is 6. The van der Waals surface area contributed by atoms with Crippen molar-refractivity contribution in [1.29, 1.82) is 0 Å². The molecular formula is C23H22Cl2N2O6. The van der Waals surface area contributed by atoms with Gasteiger partial charge in [-0.2, -0.15) is 5.06 Å². The van der Waals surface area contributed by atoms with E-state index in [1.807, 2.05) is 0 Å². The Balaban J connectivity index is 1.78. The third-order valence-electron chi connectivity index (χ3n) is 7.84. The molecule has 1 aromatic rings. The maximum absolute atomic E-state index is 13.4. The molecule has 0 aromatic heterocycles. The Labute approximate surface area is 199 Å². The van der Waals surface area contributed by atoms with Crippen molar-refractivity contribution in [3.63, 3.8) is 0 Å². The highest BCUT2D eigenvalue weighted by Crippen LogP contribution is 2.65. The van der Waals surface area contributed by atoms with Crippen molar-refractivity contribution < 1.29 is 29.5 Å². The van der Waals surface area contributed by atoms with Crippen LogP contribution >= 0.6 is 23.2 Å². The topological polar surface area (TPSA) is 115 Å². The fourth-order valence-electron chi connectivity index (χ4n) is 6.26. The number of nitrogens with zero attached hydrogens (tertiary/aromatic N) is 2. The molecule has 33 heavy (non-hydrogen) atoms. The van der Waals surface area contributed by atoms with Crippen LogP contribution in [0.15, 0.2) is 23.8 Å². The highest BCUT2D eigenvalue weighted by Gasteiger charge is 2.75. The van der Waals surface area contributed by atoms with Gasteiger partial charge in [-0.1, -0.05) is 23.8 Å². The van der Waals surface area contributed by atoms with Crippen LogP contribution in [0.5, 0.6) is 5.75 Å². The lowest BCUT2D eigenvalue weighted by atomic mass is 9.56. The minimum Gasteiger partial charge on any atom is -0.507 e. The molecular weight excluding hydrogens is 471 g/mol. The van der Waals surface area contributed by atoms with E-state index in [-0.39, 0.29) is 23.7 Å². The summed E-state index contributed by atoms with van der Waals surface area (Å²) in [5, 5.41) is 20.5. The number of hydrogen-bond donors (Lipinski definition) is 2. The number of rotatable bonds is 1. The molecule has 3 fully saturated rings. The van der Waals surface area contributed by atoms with Crippen molar-refractivity contribution in [1.82, 2.24) is 9.96 Å². The number of benzene rings is 1. The number of allylic oxidation sites excluding steroid dienone is 2. The number of aryl methyl sites for hydroxylation is 2. The highest BCUT2D eigenvalue weighted by molar-refractivity contribution is 6.53. The summed E-state index contributed by atoms with van der Waals surface area (Å²) in [5.41, 5.74) is 2.33. The molecule has 0 bridgehead atoms. The number of imide groups is 2. The van der Waals surface area contributed by atoms with Gasteiger partial charge in [0.1, 0.15) is 5.75 Å². The summed E-state index contributed by atoms with van der Waals surface area (Å²) in [6.45, 7) is 3.42. The Bertz CT molecular complexity index is 1170. The van der Waals surface area contributed by atoms with Crippen LogP contribution < -0.4 is 0 Å². The van der Waals surface area contributed by atoms with Gasteiger partial charge >= 0.3 is 0 Å². The average molecular weight is 493 g/mol. The molecule has 4 amide bonds. The molecule has 4 aliphatic rings. The third-order valence-corrected chi connectivity index (χ3v) is 9.25. The van der Waals surface area contributed by atoms with E-state index in [9.17, 15) is 29.5 Å². The van der Waals surface area contributed by atoms with Crippen molar-refractivity contribution in [3.8, 4) is 5.75 Å². The fourth-order valence-corrected chi connectivity index (χ4v) is 7.28. The van der Waals surface area contributed by atoms with Crippen molar-refractivity contribution in [3.05, 3.63) is 40.5 Å². The molecule has 6 atom stereocenters.